The molecule has 2 N–H and O–H groups in total. The summed E-state index contributed by atoms with van der Waals surface area (Å²) in [5.41, 5.74) is 1.49. The minimum atomic E-state index is -1.35. The largest absolute Gasteiger partial charge is 0.486 e. The van der Waals surface area contributed by atoms with Crippen molar-refractivity contribution >= 4 is 29.2 Å². The number of aliphatic carboxylic acids is 2. The monoisotopic (exact) mass is 441 g/mol. The number of carbonyl (C=O) groups excluding carboxylic acids is 2. The molecule has 0 fully saturated rings. The highest BCUT2D eigenvalue weighted by molar-refractivity contribution is 6.09. The fourth-order valence-electron chi connectivity index (χ4n) is 2.64. The Morgan fingerprint density at radius 3 is 1.97 bits per heavy atom. The molecule has 2 aromatic rings. The summed E-state index contributed by atoms with van der Waals surface area (Å²) in [5.74, 6) is -4.37. The summed E-state index contributed by atoms with van der Waals surface area (Å²) in [4.78, 5) is 46.3. The van der Waals surface area contributed by atoms with E-state index < -0.39 is 43.1 Å². The van der Waals surface area contributed by atoms with Crippen molar-refractivity contribution in [3.05, 3.63) is 59.7 Å². The van der Waals surface area contributed by atoms with E-state index >= 15 is 0 Å². The van der Waals surface area contributed by atoms with Crippen molar-refractivity contribution < 1.29 is 34.1 Å². The molecule has 168 valence electrons. The molecule has 32 heavy (non-hydrogen) atoms. The Bertz CT molecular complexity index is 999. The lowest BCUT2D eigenvalue weighted by molar-refractivity contribution is -0.149. The summed E-state index contributed by atoms with van der Waals surface area (Å²) in [6.45, 7) is -0.403. The van der Waals surface area contributed by atoms with E-state index in [0.717, 1.165) is 0 Å². The van der Waals surface area contributed by atoms with Crippen LogP contribution in [0.4, 0.5) is 5.69 Å². The summed E-state index contributed by atoms with van der Waals surface area (Å²) in [6.07, 6.45) is -1.08. The minimum Gasteiger partial charge on any atom is -0.486 e. The van der Waals surface area contributed by atoms with Crippen LogP contribution in [0.1, 0.15) is 28.8 Å². The molecule has 0 heterocycles. The molecule has 0 saturated carbocycles. The van der Waals surface area contributed by atoms with Crippen molar-refractivity contribution in [3.8, 4) is 5.75 Å². The molecule has 2 aromatic carbocycles. The van der Waals surface area contributed by atoms with Crippen LogP contribution in [0.2, 0.25) is 0 Å². The number of carbonyl (C=O) groups is 4. The SMILES string of the molecule is CN(C)N=Nc1ccc(C(=O)c2ccc(OCC(=O)CC(CC(=O)O)C(=O)O)cc2)cc1. The van der Waals surface area contributed by atoms with Gasteiger partial charge in [-0.3, -0.25) is 24.2 Å². The van der Waals surface area contributed by atoms with Crippen molar-refractivity contribution in [1.82, 2.24) is 5.01 Å². The zero-order valence-electron chi connectivity index (χ0n) is 17.6. The first-order valence-corrected chi connectivity index (χ1v) is 9.58. The number of ether oxygens (including phenoxy) is 1. The molecule has 2 rings (SSSR count). The van der Waals surface area contributed by atoms with Crippen LogP contribution < -0.4 is 4.74 Å². The first kappa shape index (κ1) is 24.2. The number of ketones is 2. The molecule has 10 heteroatoms. The molecule has 0 radical (unpaired) electrons. The minimum absolute atomic E-state index is 0.207. The third-order valence-electron chi connectivity index (χ3n) is 4.23. The van der Waals surface area contributed by atoms with E-state index in [4.69, 9.17) is 14.9 Å². The van der Waals surface area contributed by atoms with Gasteiger partial charge in [-0.05, 0) is 48.5 Å². The Morgan fingerprint density at radius 1 is 0.906 bits per heavy atom. The summed E-state index contributed by atoms with van der Waals surface area (Å²) < 4.78 is 5.33. The quantitative estimate of drug-likeness (QED) is 0.290. The number of benzene rings is 2. The summed E-state index contributed by atoms with van der Waals surface area (Å²) in [5, 5.41) is 27.2. The molecule has 0 aliphatic heterocycles. The van der Waals surface area contributed by atoms with E-state index in [1.165, 1.54) is 12.1 Å². The zero-order chi connectivity index (χ0) is 23.7. The lowest BCUT2D eigenvalue weighted by Gasteiger charge is -2.10. The van der Waals surface area contributed by atoms with Crippen LogP contribution in [0.25, 0.3) is 0 Å². The van der Waals surface area contributed by atoms with Gasteiger partial charge in [0.25, 0.3) is 0 Å². The molecular formula is C22H23N3O7. The van der Waals surface area contributed by atoms with E-state index in [-0.39, 0.29) is 5.78 Å². The Labute approximate surface area is 184 Å². The topological polar surface area (TPSA) is 146 Å². The number of nitrogens with zero attached hydrogens (tertiary/aromatic N) is 3. The van der Waals surface area contributed by atoms with Crippen molar-refractivity contribution in [1.29, 1.82) is 0 Å². The van der Waals surface area contributed by atoms with Crippen molar-refractivity contribution in [2.45, 2.75) is 12.8 Å². The molecule has 1 unspecified atom stereocenters. The maximum atomic E-state index is 12.6. The van der Waals surface area contributed by atoms with Crippen LogP contribution in [0.5, 0.6) is 5.75 Å². The smallest absolute Gasteiger partial charge is 0.307 e. The number of rotatable bonds is 12. The highest BCUT2D eigenvalue weighted by Crippen LogP contribution is 2.19. The van der Waals surface area contributed by atoms with E-state index in [0.29, 0.717) is 22.6 Å². The number of Topliss-reactive ketones (excluding diaryl/α,β-unsaturated/α-hetero) is 1. The Hall–Kier alpha value is -4.08. The molecule has 0 bridgehead atoms. The van der Waals surface area contributed by atoms with Gasteiger partial charge < -0.3 is 14.9 Å². The van der Waals surface area contributed by atoms with Gasteiger partial charge in [-0.1, -0.05) is 5.22 Å². The van der Waals surface area contributed by atoms with Crippen molar-refractivity contribution in [2.24, 2.45) is 16.3 Å². The molecule has 0 saturated heterocycles. The standard InChI is InChI=1S/C22H23N3O7/c1-25(2)24-23-17-7-3-14(4-8-17)21(29)15-5-9-19(10-6-15)32-13-18(26)11-16(22(30)31)12-20(27)28/h3-10,16H,11-13H2,1-2H3,(H,27,28)(H,30,31). The van der Waals surface area contributed by atoms with E-state index in [2.05, 4.69) is 10.3 Å². The number of hydrogen-bond donors (Lipinski definition) is 2. The zero-order valence-corrected chi connectivity index (χ0v) is 17.6. The highest BCUT2D eigenvalue weighted by atomic mass is 16.5. The van der Waals surface area contributed by atoms with Crippen LogP contribution >= 0.6 is 0 Å². The fraction of sp³-hybridized carbons (Fsp3) is 0.273. The second-order valence-corrected chi connectivity index (χ2v) is 7.10. The van der Waals surface area contributed by atoms with Gasteiger partial charge in [0.15, 0.2) is 11.6 Å². The molecular weight excluding hydrogens is 418 g/mol. The van der Waals surface area contributed by atoms with Gasteiger partial charge >= 0.3 is 11.9 Å². The molecule has 0 aliphatic rings. The van der Waals surface area contributed by atoms with Crippen LogP contribution in [0.3, 0.4) is 0 Å². The number of carboxylic acids is 2. The van der Waals surface area contributed by atoms with Crippen molar-refractivity contribution in [2.75, 3.05) is 20.7 Å². The highest BCUT2D eigenvalue weighted by Gasteiger charge is 2.24. The molecule has 0 spiro atoms. The maximum absolute atomic E-state index is 12.6. The fourth-order valence-corrected chi connectivity index (χ4v) is 2.64. The molecule has 10 nitrogen and oxygen atoms in total. The van der Waals surface area contributed by atoms with Crippen LogP contribution in [-0.2, 0) is 14.4 Å². The Morgan fingerprint density at radius 2 is 1.47 bits per heavy atom. The lowest BCUT2D eigenvalue weighted by atomic mass is 9.99. The van der Waals surface area contributed by atoms with Crippen molar-refractivity contribution in [3.63, 3.8) is 0 Å². The van der Waals surface area contributed by atoms with Gasteiger partial charge in [-0.2, -0.15) is 0 Å². The van der Waals surface area contributed by atoms with Gasteiger partial charge in [-0.15, -0.1) is 5.11 Å². The predicted octanol–water partition coefficient (Wildman–Crippen LogP) is 2.99. The third-order valence-corrected chi connectivity index (χ3v) is 4.23. The molecule has 0 aromatic heterocycles. The number of carboxylic acid groups (broad SMARTS) is 2. The van der Waals surface area contributed by atoms with Gasteiger partial charge in [0.1, 0.15) is 12.4 Å². The van der Waals surface area contributed by atoms with E-state index in [9.17, 15) is 19.2 Å². The maximum Gasteiger partial charge on any atom is 0.307 e. The van der Waals surface area contributed by atoms with Gasteiger partial charge in [0, 0.05) is 31.6 Å². The van der Waals surface area contributed by atoms with Gasteiger partial charge in [-0.25, -0.2) is 0 Å². The van der Waals surface area contributed by atoms with E-state index in [1.54, 1.807) is 55.5 Å². The average molecular weight is 441 g/mol. The normalized spacial score (nSPS) is 11.7. The van der Waals surface area contributed by atoms with Gasteiger partial charge in [0.2, 0.25) is 0 Å². The lowest BCUT2D eigenvalue weighted by Crippen LogP contribution is -2.23. The number of hydrogen-bond acceptors (Lipinski definition) is 7. The molecule has 0 aliphatic carbocycles. The Kier molecular flexibility index (Phi) is 8.58. The summed E-state index contributed by atoms with van der Waals surface area (Å²) in [7, 11) is 3.49. The van der Waals surface area contributed by atoms with Crippen LogP contribution in [-0.4, -0.2) is 59.4 Å². The molecule has 0 amide bonds. The predicted molar refractivity (Wildman–Crippen MR) is 113 cm³/mol. The third kappa shape index (κ3) is 7.63. The average Bonchev–Trinajstić information content (AvgIpc) is 2.75. The Balaban J connectivity index is 1.93. The van der Waals surface area contributed by atoms with Crippen LogP contribution in [0.15, 0.2) is 58.9 Å². The summed E-state index contributed by atoms with van der Waals surface area (Å²) in [6, 6.07) is 12.8. The van der Waals surface area contributed by atoms with E-state index in [1.807, 2.05) is 0 Å². The van der Waals surface area contributed by atoms with Crippen LogP contribution in [0, 0.1) is 5.92 Å². The second kappa shape index (κ2) is 11.3. The first-order chi connectivity index (χ1) is 15.2. The summed E-state index contributed by atoms with van der Waals surface area (Å²) >= 11 is 0. The van der Waals surface area contributed by atoms with Gasteiger partial charge in [0.05, 0.1) is 18.0 Å². The second-order valence-electron chi connectivity index (χ2n) is 7.10. The molecule has 1 atom stereocenters. The first-order valence-electron chi connectivity index (χ1n) is 9.58.